The van der Waals surface area contributed by atoms with Gasteiger partial charge in [0.15, 0.2) is 0 Å². The van der Waals surface area contributed by atoms with E-state index in [1.165, 1.54) is 24.9 Å². The van der Waals surface area contributed by atoms with Crippen molar-refractivity contribution < 1.29 is 4.74 Å². The normalized spacial score (nSPS) is 20.2. The summed E-state index contributed by atoms with van der Waals surface area (Å²) in [5, 5.41) is 3.64. The summed E-state index contributed by atoms with van der Waals surface area (Å²) in [7, 11) is 2.19. The van der Waals surface area contributed by atoms with Gasteiger partial charge in [-0.3, -0.25) is 0 Å². The molecule has 1 saturated heterocycles. The van der Waals surface area contributed by atoms with E-state index in [1.54, 1.807) is 6.08 Å². The lowest BCUT2D eigenvalue weighted by molar-refractivity contribution is 0.226. The number of ether oxygens (including phenoxy) is 1. The van der Waals surface area contributed by atoms with Crippen LogP contribution in [0.25, 0.3) is 0 Å². The molecule has 1 atom stereocenters. The van der Waals surface area contributed by atoms with E-state index in [-0.39, 0.29) is 0 Å². The van der Waals surface area contributed by atoms with Gasteiger partial charge < -0.3 is 15.0 Å². The molecule has 2 rings (SSSR count). The minimum atomic E-state index is 0.559. The number of benzene rings is 1. The van der Waals surface area contributed by atoms with Crippen LogP contribution in [0.4, 0.5) is 0 Å². The van der Waals surface area contributed by atoms with Crippen LogP contribution >= 0.6 is 0 Å². The minimum absolute atomic E-state index is 0.559. The van der Waals surface area contributed by atoms with E-state index in [2.05, 4.69) is 36.0 Å². The van der Waals surface area contributed by atoms with Gasteiger partial charge in [-0.05, 0) is 32.5 Å². The Morgan fingerprint density at radius 2 is 2.32 bits per heavy atom. The molecule has 104 valence electrons. The number of likely N-dealkylation sites (tertiary alicyclic amines) is 1. The summed E-state index contributed by atoms with van der Waals surface area (Å²) in [5.74, 6) is 0.957. The van der Waals surface area contributed by atoms with Crippen molar-refractivity contribution in [2.45, 2.75) is 25.4 Å². The molecule has 1 aromatic rings. The molecule has 1 unspecified atom stereocenters. The van der Waals surface area contributed by atoms with Crippen LogP contribution < -0.4 is 10.1 Å². The Balaban J connectivity index is 1.89. The Morgan fingerprint density at radius 3 is 3.11 bits per heavy atom. The molecule has 1 aliphatic rings. The van der Waals surface area contributed by atoms with Crippen LogP contribution in [0, 0.1) is 0 Å². The lowest BCUT2D eigenvalue weighted by Crippen LogP contribution is -2.43. The van der Waals surface area contributed by atoms with E-state index in [0.717, 1.165) is 18.8 Å². The molecule has 0 bridgehead atoms. The van der Waals surface area contributed by atoms with E-state index in [9.17, 15) is 0 Å². The molecule has 1 aliphatic heterocycles. The van der Waals surface area contributed by atoms with Gasteiger partial charge in [-0.25, -0.2) is 0 Å². The highest BCUT2D eigenvalue weighted by Crippen LogP contribution is 2.18. The van der Waals surface area contributed by atoms with E-state index >= 15 is 0 Å². The molecule has 1 N–H and O–H groups in total. The van der Waals surface area contributed by atoms with Crippen LogP contribution in [0.1, 0.15) is 18.4 Å². The first-order valence-electron chi connectivity index (χ1n) is 7.03. The first-order valence-corrected chi connectivity index (χ1v) is 7.03. The van der Waals surface area contributed by atoms with Gasteiger partial charge in [-0.15, -0.1) is 0 Å². The van der Waals surface area contributed by atoms with Crippen LogP contribution in [0.15, 0.2) is 36.9 Å². The van der Waals surface area contributed by atoms with Crippen molar-refractivity contribution in [3.63, 3.8) is 0 Å². The molecule has 19 heavy (non-hydrogen) atoms. The Kier molecular flexibility index (Phi) is 5.43. The topological polar surface area (TPSA) is 24.5 Å². The quantitative estimate of drug-likeness (QED) is 0.795. The predicted molar refractivity (Wildman–Crippen MR) is 79.5 cm³/mol. The summed E-state index contributed by atoms with van der Waals surface area (Å²) in [6.07, 6.45) is 4.32. The smallest absolute Gasteiger partial charge is 0.124 e. The fourth-order valence-corrected chi connectivity index (χ4v) is 2.53. The van der Waals surface area contributed by atoms with Gasteiger partial charge in [0, 0.05) is 24.7 Å². The van der Waals surface area contributed by atoms with E-state index in [1.807, 2.05) is 12.1 Å². The molecule has 0 amide bonds. The van der Waals surface area contributed by atoms with Crippen LogP contribution in [0.3, 0.4) is 0 Å². The molecule has 1 heterocycles. The van der Waals surface area contributed by atoms with Crippen molar-refractivity contribution >= 4 is 0 Å². The molecule has 0 radical (unpaired) electrons. The molecule has 0 saturated carbocycles. The number of para-hydroxylation sites is 1. The molecular weight excluding hydrogens is 236 g/mol. The minimum Gasteiger partial charge on any atom is -0.489 e. The maximum absolute atomic E-state index is 5.68. The van der Waals surface area contributed by atoms with E-state index in [4.69, 9.17) is 4.74 Å². The number of hydrogen-bond acceptors (Lipinski definition) is 3. The predicted octanol–water partition coefficient (Wildman–Crippen LogP) is 2.44. The van der Waals surface area contributed by atoms with Crippen LogP contribution in [0.2, 0.25) is 0 Å². The number of piperidine rings is 1. The Morgan fingerprint density at radius 1 is 1.47 bits per heavy atom. The van der Waals surface area contributed by atoms with Crippen molar-refractivity contribution in [3.8, 4) is 5.75 Å². The van der Waals surface area contributed by atoms with Gasteiger partial charge in [-0.1, -0.05) is 30.9 Å². The van der Waals surface area contributed by atoms with Gasteiger partial charge in [0.1, 0.15) is 12.4 Å². The second-order valence-electron chi connectivity index (χ2n) is 5.19. The molecule has 3 nitrogen and oxygen atoms in total. The Bertz CT molecular complexity index is 405. The summed E-state index contributed by atoms with van der Waals surface area (Å²) >= 11 is 0. The summed E-state index contributed by atoms with van der Waals surface area (Å²) in [4.78, 5) is 2.39. The number of nitrogens with one attached hydrogen (secondary N) is 1. The Hall–Kier alpha value is -1.32. The third-order valence-electron chi connectivity index (χ3n) is 3.53. The molecule has 3 heteroatoms. The fraction of sp³-hybridized carbons (Fsp3) is 0.500. The van der Waals surface area contributed by atoms with Crippen LogP contribution in [0.5, 0.6) is 5.75 Å². The molecule has 0 aromatic heterocycles. The highest BCUT2D eigenvalue weighted by Gasteiger charge is 2.16. The third kappa shape index (κ3) is 4.37. The first-order chi connectivity index (χ1) is 9.29. The average Bonchev–Trinajstić information content (AvgIpc) is 2.44. The third-order valence-corrected chi connectivity index (χ3v) is 3.53. The highest BCUT2D eigenvalue weighted by atomic mass is 16.5. The van der Waals surface area contributed by atoms with Gasteiger partial charge in [0.2, 0.25) is 0 Å². The van der Waals surface area contributed by atoms with Crippen molar-refractivity contribution in [3.05, 3.63) is 42.5 Å². The Labute approximate surface area is 116 Å². The maximum atomic E-state index is 5.68. The number of rotatable bonds is 6. The second-order valence-corrected chi connectivity index (χ2v) is 5.19. The first kappa shape index (κ1) is 14.1. The number of likely N-dealkylation sites (N-methyl/N-ethyl adjacent to an activating group) is 1. The van der Waals surface area contributed by atoms with E-state index in [0.29, 0.717) is 12.6 Å². The highest BCUT2D eigenvalue weighted by molar-refractivity contribution is 5.33. The molecule has 1 aromatic carbocycles. The maximum Gasteiger partial charge on any atom is 0.124 e. The molecular formula is C16H24N2O. The zero-order valence-corrected chi connectivity index (χ0v) is 11.8. The van der Waals surface area contributed by atoms with Crippen molar-refractivity contribution in [2.75, 3.05) is 26.7 Å². The molecule has 1 fully saturated rings. The van der Waals surface area contributed by atoms with Gasteiger partial charge in [0.25, 0.3) is 0 Å². The summed E-state index contributed by atoms with van der Waals surface area (Å²) < 4.78 is 5.68. The van der Waals surface area contributed by atoms with Crippen molar-refractivity contribution in [1.82, 2.24) is 10.2 Å². The monoisotopic (exact) mass is 260 g/mol. The molecule has 0 aliphatic carbocycles. The largest absolute Gasteiger partial charge is 0.489 e. The van der Waals surface area contributed by atoms with E-state index < -0.39 is 0 Å². The van der Waals surface area contributed by atoms with Crippen LogP contribution in [-0.4, -0.2) is 37.7 Å². The fourth-order valence-electron chi connectivity index (χ4n) is 2.53. The van der Waals surface area contributed by atoms with Gasteiger partial charge in [0.05, 0.1) is 0 Å². The molecule has 0 spiro atoms. The number of hydrogen-bond donors (Lipinski definition) is 1. The zero-order chi connectivity index (χ0) is 13.5. The summed E-state index contributed by atoms with van der Waals surface area (Å²) in [6, 6.07) is 8.80. The summed E-state index contributed by atoms with van der Waals surface area (Å²) in [6.45, 7) is 7.47. The lowest BCUT2D eigenvalue weighted by atomic mass is 10.1. The standard InChI is InChI=1S/C16H24N2O/c1-3-11-19-16-9-5-4-7-14(16)12-17-15-8-6-10-18(2)13-15/h3-5,7,9,15,17H,1,6,8,10-13H2,2H3. The second kappa shape index (κ2) is 7.31. The zero-order valence-electron chi connectivity index (χ0n) is 11.8. The number of nitrogens with zero attached hydrogens (tertiary/aromatic N) is 1. The average molecular weight is 260 g/mol. The van der Waals surface area contributed by atoms with Gasteiger partial charge in [-0.2, -0.15) is 0 Å². The van der Waals surface area contributed by atoms with Crippen molar-refractivity contribution in [1.29, 1.82) is 0 Å². The SMILES string of the molecule is C=CCOc1ccccc1CNC1CCCN(C)C1. The lowest BCUT2D eigenvalue weighted by Gasteiger charge is -2.30. The van der Waals surface area contributed by atoms with Gasteiger partial charge >= 0.3 is 0 Å². The van der Waals surface area contributed by atoms with Crippen molar-refractivity contribution in [2.24, 2.45) is 0 Å². The summed E-state index contributed by atoms with van der Waals surface area (Å²) in [5.41, 5.74) is 1.22. The van der Waals surface area contributed by atoms with Crippen LogP contribution in [-0.2, 0) is 6.54 Å².